The molecule has 1 aliphatic rings. The zero-order valence-corrected chi connectivity index (χ0v) is 12.4. The van der Waals surface area contributed by atoms with Crippen LogP contribution in [0.25, 0.3) is 0 Å². The number of rotatable bonds is 4. The quantitative estimate of drug-likeness (QED) is 0.525. The van der Waals surface area contributed by atoms with Gasteiger partial charge in [0.1, 0.15) is 6.61 Å². The number of hydrogen-bond donors (Lipinski definition) is 1. The predicted octanol–water partition coefficient (Wildman–Crippen LogP) is 1.88. The second kappa shape index (κ2) is 6.78. The maximum absolute atomic E-state index is 12.0. The summed E-state index contributed by atoms with van der Waals surface area (Å²) in [4.78, 5) is 22.1. The molecular formula is C16H13N3O5. The lowest BCUT2D eigenvalue weighted by Gasteiger charge is -2.24. The molecule has 8 heteroatoms. The predicted molar refractivity (Wildman–Crippen MR) is 85.2 cm³/mol. The monoisotopic (exact) mass is 327 g/mol. The number of benzene rings is 2. The standard InChI is InChI=1S/C16H13N3O5/c20-16(15-10-23-13-3-1-2-4-14(13)24-15)18-17-9-11-5-7-12(8-6-11)19(21)22/h1-9,15H,10H2,(H,18,20)/b17-9-. The molecule has 1 unspecified atom stereocenters. The molecule has 1 heterocycles. The number of nitro benzene ring substituents is 1. The second-order valence-electron chi connectivity index (χ2n) is 4.95. The van der Waals surface area contributed by atoms with Crippen molar-refractivity contribution in [1.29, 1.82) is 0 Å². The first kappa shape index (κ1) is 15.5. The number of hydrazone groups is 1. The van der Waals surface area contributed by atoms with Gasteiger partial charge in [-0.15, -0.1) is 0 Å². The third-order valence-electron chi connectivity index (χ3n) is 3.29. The summed E-state index contributed by atoms with van der Waals surface area (Å²) in [5.41, 5.74) is 2.97. The number of amides is 1. The van der Waals surface area contributed by atoms with E-state index in [-0.39, 0.29) is 12.3 Å². The smallest absolute Gasteiger partial charge is 0.284 e. The van der Waals surface area contributed by atoms with Crippen LogP contribution in [0.2, 0.25) is 0 Å². The van der Waals surface area contributed by atoms with Crippen molar-refractivity contribution in [2.24, 2.45) is 5.10 Å². The minimum Gasteiger partial charge on any atom is -0.485 e. The molecule has 0 bridgehead atoms. The SMILES string of the molecule is O=C(N/N=C\c1ccc([N+](=O)[O-])cc1)C1COc2ccccc2O1. The van der Waals surface area contributed by atoms with Crippen LogP contribution in [-0.4, -0.2) is 29.8 Å². The van der Waals surface area contributed by atoms with Gasteiger partial charge in [0.2, 0.25) is 6.10 Å². The van der Waals surface area contributed by atoms with Gasteiger partial charge >= 0.3 is 0 Å². The lowest BCUT2D eigenvalue weighted by molar-refractivity contribution is -0.384. The van der Waals surface area contributed by atoms with Gasteiger partial charge in [-0.05, 0) is 29.8 Å². The van der Waals surface area contributed by atoms with Gasteiger partial charge in [0.15, 0.2) is 11.5 Å². The van der Waals surface area contributed by atoms with Crippen molar-refractivity contribution in [3.63, 3.8) is 0 Å². The van der Waals surface area contributed by atoms with Gasteiger partial charge in [0.05, 0.1) is 11.1 Å². The normalized spacial score (nSPS) is 15.9. The third-order valence-corrected chi connectivity index (χ3v) is 3.29. The summed E-state index contributed by atoms with van der Waals surface area (Å²) >= 11 is 0. The van der Waals surface area contributed by atoms with Crippen molar-refractivity contribution in [3.05, 3.63) is 64.2 Å². The van der Waals surface area contributed by atoms with Crippen molar-refractivity contribution in [3.8, 4) is 11.5 Å². The summed E-state index contributed by atoms with van der Waals surface area (Å²) in [5, 5.41) is 14.4. The zero-order valence-electron chi connectivity index (χ0n) is 12.4. The highest BCUT2D eigenvalue weighted by Crippen LogP contribution is 2.30. The molecule has 1 aliphatic heterocycles. The average molecular weight is 327 g/mol. The van der Waals surface area contributed by atoms with E-state index in [0.717, 1.165) is 0 Å². The molecular weight excluding hydrogens is 314 g/mol. The molecule has 24 heavy (non-hydrogen) atoms. The van der Waals surface area contributed by atoms with Gasteiger partial charge in [-0.3, -0.25) is 14.9 Å². The maximum atomic E-state index is 12.0. The Kier molecular flexibility index (Phi) is 4.37. The molecule has 0 spiro atoms. The Bertz CT molecular complexity index is 789. The van der Waals surface area contributed by atoms with E-state index >= 15 is 0 Å². The number of non-ortho nitro benzene ring substituents is 1. The van der Waals surface area contributed by atoms with Gasteiger partial charge in [0.25, 0.3) is 11.6 Å². The lowest BCUT2D eigenvalue weighted by Crippen LogP contribution is -2.42. The number of carbonyl (C=O) groups is 1. The molecule has 1 N–H and O–H groups in total. The van der Waals surface area contributed by atoms with Crippen molar-refractivity contribution in [2.45, 2.75) is 6.10 Å². The Hall–Kier alpha value is -3.42. The molecule has 2 aromatic rings. The van der Waals surface area contributed by atoms with Crippen LogP contribution in [0.1, 0.15) is 5.56 Å². The average Bonchev–Trinajstić information content (AvgIpc) is 2.61. The molecule has 0 fully saturated rings. The van der Waals surface area contributed by atoms with E-state index in [4.69, 9.17) is 9.47 Å². The Labute approximate surface area is 136 Å². The number of nitrogens with zero attached hydrogens (tertiary/aromatic N) is 2. The van der Waals surface area contributed by atoms with E-state index in [1.54, 1.807) is 18.2 Å². The van der Waals surface area contributed by atoms with Crippen LogP contribution in [0, 0.1) is 10.1 Å². The van der Waals surface area contributed by atoms with Crippen LogP contribution in [-0.2, 0) is 4.79 Å². The van der Waals surface area contributed by atoms with Crippen LogP contribution >= 0.6 is 0 Å². The lowest BCUT2D eigenvalue weighted by atomic mass is 10.2. The summed E-state index contributed by atoms with van der Waals surface area (Å²) in [7, 11) is 0. The highest BCUT2D eigenvalue weighted by Gasteiger charge is 2.26. The van der Waals surface area contributed by atoms with Crippen LogP contribution in [0.4, 0.5) is 5.69 Å². The minimum absolute atomic E-state index is 0.0115. The summed E-state index contributed by atoms with van der Waals surface area (Å²) in [6.07, 6.45) is 0.591. The Morgan fingerprint density at radius 1 is 1.21 bits per heavy atom. The number of nitro groups is 1. The first-order chi connectivity index (χ1) is 11.6. The largest absolute Gasteiger partial charge is 0.485 e. The van der Waals surface area contributed by atoms with E-state index in [0.29, 0.717) is 17.1 Å². The van der Waals surface area contributed by atoms with Gasteiger partial charge in [0, 0.05) is 12.1 Å². The number of fused-ring (bicyclic) bond motifs is 1. The molecule has 3 rings (SSSR count). The first-order valence-corrected chi connectivity index (χ1v) is 7.09. The van der Waals surface area contributed by atoms with E-state index in [1.165, 1.54) is 30.5 Å². The fourth-order valence-electron chi connectivity index (χ4n) is 2.07. The van der Waals surface area contributed by atoms with Gasteiger partial charge in [-0.1, -0.05) is 12.1 Å². The molecule has 0 aliphatic carbocycles. The summed E-state index contributed by atoms with van der Waals surface area (Å²) in [6, 6.07) is 12.9. The van der Waals surface area contributed by atoms with Crippen molar-refractivity contribution in [1.82, 2.24) is 5.43 Å². The van der Waals surface area contributed by atoms with Crippen LogP contribution in [0.15, 0.2) is 53.6 Å². The summed E-state index contributed by atoms with van der Waals surface area (Å²) in [6.45, 7) is 0.0932. The molecule has 2 aromatic carbocycles. The van der Waals surface area contributed by atoms with Gasteiger partial charge in [-0.2, -0.15) is 5.10 Å². The number of para-hydroxylation sites is 2. The molecule has 1 amide bonds. The highest BCUT2D eigenvalue weighted by atomic mass is 16.6. The first-order valence-electron chi connectivity index (χ1n) is 7.09. The summed E-state index contributed by atoms with van der Waals surface area (Å²) < 4.78 is 11.0. The van der Waals surface area contributed by atoms with Crippen LogP contribution in [0.3, 0.4) is 0 Å². The molecule has 0 radical (unpaired) electrons. The van der Waals surface area contributed by atoms with Gasteiger partial charge in [-0.25, -0.2) is 5.43 Å². The molecule has 122 valence electrons. The number of ether oxygens (including phenoxy) is 2. The van der Waals surface area contributed by atoms with Crippen LogP contribution in [0.5, 0.6) is 11.5 Å². The molecule has 0 saturated carbocycles. The maximum Gasteiger partial charge on any atom is 0.284 e. The Morgan fingerprint density at radius 3 is 2.62 bits per heavy atom. The number of nitrogens with one attached hydrogen (secondary N) is 1. The van der Waals surface area contributed by atoms with Crippen molar-refractivity contribution < 1.29 is 19.2 Å². The minimum atomic E-state index is -0.797. The zero-order chi connectivity index (χ0) is 16.9. The highest BCUT2D eigenvalue weighted by molar-refractivity contribution is 5.85. The fourth-order valence-corrected chi connectivity index (χ4v) is 2.07. The van der Waals surface area contributed by atoms with Gasteiger partial charge < -0.3 is 9.47 Å². The number of hydrogen-bond acceptors (Lipinski definition) is 6. The van der Waals surface area contributed by atoms with Crippen molar-refractivity contribution >= 4 is 17.8 Å². The molecule has 0 saturated heterocycles. The second-order valence-corrected chi connectivity index (χ2v) is 4.95. The summed E-state index contributed by atoms with van der Waals surface area (Å²) in [5.74, 6) is 0.654. The third kappa shape index (κ3) is 3.49. The molecule has 0 aromatic heterocycles. The van der Waals surface area contributed by atoms with Crippen LogP contribution < -0.4 is 14.9 Å². The van der Waals surface area contributed by atoms with E-state index in [1.807, 2.05) is 6.07 Å². The molecule has 8 nitrogen and oxygen atoms in total. The van der Waals surface area contributed by atoms with Crippen molar-refractivity contribution in [2.75, 3.05) is 6.61 Å². The Morgan fingerprint density at radius 2 is 1.92 bits per heavy atom. The van der Waals surface area contributed by atoms with E-state index in [2.05, 4.69) is 10.5 Å². The fraction of sp³-hybridized carbons (Fsp3) is 0.125. The Balaban J connectivity index is 1.57. The number of carbonyl (C=O) groups excluding carboxylic acids is 1. The van der Waals surface area contributed by atoms with E-state index in [9.17, 15) is 14.9 Å². The van der Waals surface area contributed by atoms with E-state index < -0.39 is 16.9 Å². The topological polar surface area (TPSA) is 103 Å². The molecule has 1 atom stereocenters.